The van der Waals surface area contributed by atoms with Gasteiger partial charge in [-0.15, -0.1) is 0 Å². The smallest absolute Gasteiger partial charge is 0.364 e. The lowest BCUT2D eigenvalue weighted by Gasteiger charge is -2.44. The zero-order chi connectivity index (χ0) is 16.4. The zero-order valence-corrected chi connectivity index (χ0v) is 11.2. The highest BCUT2D eigenvalue weighted by Gasteiger charge is 2.53. The molecule has 1 fully saturated rings. The number of carboxylic acid groups (broad SMARTS) is 1. The molecule has 10 heteroatoms. The van der Waals surface area contributed by atoms with E-state index < -0.39 is 61.1 Å². The van der Waals surface area contributed by atoms with Crippen molar-refractivity contribution in [3.05, 3.63) is 0 Å². The molecule has 0 aromatic carbocycles. The summed E-state index contributed by atoms with van der Waals surface area (Å²) in [6, 6.07) is -1.27. The molecule has 1 aliphatic heterocycles. The lowest BCUT2D eigenvalue weighted by Crippen LogP contribution is -2.67. The van der Waals surface area contributed by atoms with Gasteiger partial charge >= 0.3 is 5.97 Å². The highest BCUT2D eigenvalue weighted by atomic mass is 16.7. The fourth-order valence-corrected chi connectivity index (χ4v) is 2.14. The summed E-state index contributed by atoms with van der Waals surface area (Å²) in [4.78, 5) is 22.1. The van der Waals surface area contributed by atoms with E-state index in [2.05, 4.69) is 5.32 Å². The Balaban J connectivity index is 3.07. The van der Waals surface area contributed by atoms with Crippen LogP contribution in [0.4, 0.5) is 0 Å². The van der Waals surface area contributed by atoms with E-state index in [4.69, 9.17) is 14.9 Å². The lowest BCUT2D eigenvalue weighted by molar-refractivity contribution is -0.295. The molecule has 1 heterocycles. The second-order valence-electron chi connectivity index (χ2n) is 4.91. The van der Waals surface area contributed by atoms with Crippen LogP contribution in [0, 0.1) is 0 Å². The van der Waals surface area contributed by atoms with Crippen molar-refractivity contribution in [1.82, 2.24) is 5.32 Å². The quantitative estimate of drug-likeness (QED) is 0.268. The van der Waals surface area contributed by atoms with E-state index in [0.29, 0.717) is 0 Å². The van der Waals surface area contributed by atoms with Crippen LogP contribution >= 0.6 is 0 Å². The first-order valence-electron chi connectivity index (χ1n) is 6.18. The van der Waals surface area contributed by atoms with Crippen molar-refractivity contribution in [3.8, 4) is 0 Å². The molecule has 122 valence electrons. The molecule has 6 atom stereocenters. The maximum atomic E-state index is 11.1. The van der Waals surface area contributed by atoms with Gasteiger partial charge in [-0.25, -0.2) is 4.79 Å². The molecule has 0 aromatic heterocycles. The lowest BCUT2D eigenvalue weighted by atomic mass is 9.88. The molecule has 0 aliphatic carbocycles. The van der Waals surface area contributed by atoms with Gasteiger partial charge in [0.15, 0.2) is 0 Å². The average molecular weight is 309 g/mol. The van der Waals surface area contributed by atoms with E-state index in [1.807, 2.05) is 0 Å². The van der Waals surface area contributed by atoms with E-state index in [-0.39, 0.29) is 0 Å². The van der Waals surface area contributed by atoms with Crippen LogP contribution in [0.3, 0.4) is 0 Å². The van der Waals surface area contributed by atoms with Crippen molar-refractivity contribution in [2.24, 2.45) is 0 Å². The first kappa shape index (κ1) is 17.8. The molecular formula is C11H19NO9. The number of ether oxygens (including phenoxy) is 1. The predicted molar refractivity (Wildman–Crippen MR) is 64.8 cm³/mol. The minimum Gasteiger partial charge on any atom is -0.477 e. The van der Waals surface area contributed by atoms with Gasteiger partial charge in [0.25, 0.3) is 5.79 Å². The molecule has 0 saturated carbocycles. The van der Waals surface area contributed by atoms with Crippen LogP contribution in [-0.2, 0) is 14.3 Å². The summed E-state index contributed by atoms with van der Waals surface area (Å²) in [7, 11) is 0. The van der Waals surface area contributed by atoms with Gasteiger partial charge in [-0.1, -0.05) is 0 Å². The predicted octanol–water partition coefficient (Wildman–Crippen LogP) is -3.87. The number of carboxylic acids is 1. The van der Waals surface area contributed by atoms with Crippen molar-refractivity contribution in [1.29, 1.82) is 0 Å². The van der Waals surface area contributed by atoms with Gasteiger partial charge in [-0.2, -0.15) is 0 Å². The Bertz CT molecular complexity index is 403. The first-order valence-corrected chi connectivity index (χ1v) is 6.18. The first-order chi connectivity index (χ1) is 9.62. The number of amides is 1. The highest BCUT2D eigenvalue weighted by Crippen LogP contribution is 2.30. The minimum absolute atomic E-state index is 0.598. The summed E-state index contributed by atoms with van der Waals surface area (Å²) < 4.78 is 4.86. The fraction of sp³-hybridized carbons (Fsp3) is 0.818. The Morgan fingerprint density at radius 3 is 2.43 bits per heavy atom. The normalized spacial score (nSPS) is 35.8. The van der Waals surface area contributed by atoms with Crippen LogP contribution < -0.4 is 5.32 Å². The van der Waals surface area contributed by atoms with Crippen LogP contribution in [-0.4, -0.2) is 85.4 Å². The topological polar surface area (TPSA) is 177 Å². The second kappa shape index (κ2) is 6.64. The number of aliphatic hydroxyl groups excluding tert-OH is 4. The van der Waals surface area contributed by atoms with Crippen LogP contribution in [0.1, 0.15) is 13.3 Å². The Morgan fingerprint density at radius 2 is 2.00 bits per heavy atom. The SMILES string of the molecule is CC(=O)NC1C(O)CC(O)(C(=O)O)OC1C(O)[C@H](O)CO. The van der Waals surface area contributed by atoms with E-state index in [0.717, 1.165) is 6.92 Å². The van der Waals surface area contributed by atoms with Gasteiger partial charge in [0.05, 0.1) is 18.8 Å². The third-order valence-corrected chi connectivity index (χ3v) is 3.21. The van der Waals surface area contributed by atoms with Crippen LogP contribution in [0.15, 0.2) is 0 Å². The third-order valence-electron chi connectivity index (χ3n) is 3.21. The maximum Gasteiger partial charge on any atom is 0.364 e. The molecule has 0 aromatic rings. The van der Waals surface area contributed by atoms with Crippen LogP contribution in [0.2, 0.25) is 0 Å². The number of nitrogens with one attached hydrogen (secondary N) is 1. The Kier molecular flexibility index (Phi) is 5.61. The number of aliphatic hydroxyl groups is 5. The van der Waals surface area contributed by atoms with Gasteiger partial charge in [0.1, 0.15) is 18.3 Å². The van der Waals surface area contributed by atoms with Gasteiger partial charge in [0.2, 0.25) is 5.91 Å². The average Bonchev–Trinajstić information content (AvgIpc) is 2.39. The second-order valence-corrected chi connectivity index (χ2v) is 4.91. The number of aliphatic carboxylic acids is 1. The Hall–Kier alpha value is -1.30. The van der Waals surface area contributed by atoms with E-state index >= 15 is 0 Å². The summed E-state index contributed by atoms with van der Waals surface area (Å²) in [5.41, 5.74) is 0. The summed E-state index contributed by atoms with van der Waals surface area (Å²) in [5, 5.41) is 59.0. The molecule has 0 bridgehead atoms. The summed E-state index contributed by atoms with van der Waals surface area (Å²) >= 11 is 0. The van der Waals surface area contributed by atoms with Crippen molar-refractivity contribution in [2.75, 3.05) is 6.61 Å². The molecule has 0 radical (unpaired) electrons. The molecule has 21 heavy (non-hydrogen) atoms. The standard InChI is InChI=1S/C11H19NO9/c1-4(14)12-7-5(15)2-11(20,10(18)19)21-9(7)8(17)6(16)3-13/h5-9,13,15-17,20H,2-3H2,1H3,(H,12,14)(H,18,19)/t5?,6-,7?,8?,9?,11?/m1/s1. The van der Waals surface area contributed by atoms with Gasteiger partial charge in [-0.05, 0) is 0 Å². The third kappa shape index (κ3) is 3.87. The molecule has 1 amide bonds. The van der Waals surface area contributed by atoms with Crippen LogP contribution in [0.25, 0.3) is 0 Å². The molecule has 10 nitrogen and oxygen atoms in total. The van der Waals surface area contributed by atoms with Crippen molar-refractivity contribution in [2.45, 2.75) is 49.6 Å². The molecule has 0 spiro atoms. The Labute approximate surface area is 119 Å². The highest BCUT2D eigenvalue weighted by molar-refractivity contribution is 5.76. The maximum absolute atomic E-state index is 11.1. The van der Waals surface area contributed by atoms with Crippen molar-refractivity contribution < 1.29 is 45.0 Å². The molecule has 1 aliphatic rings. The minimum atomic E-state index is -2.78. The van der Waals surface area contributed by atoms with Gasteiger partial charge in [0, 0.05) is 13.3 Å². The molecule has 1 rings (SSSR count). The van der Waals surface area contributed by atoms with Crippen molar-refractivity contribution in [3.63, 3.8) is 0 Å². The van der Waals surface area contributed by atoms with E-state index in [1.54, 1.807) is 0 Å². The molecular weight excluding hydrogens is 290 g/mol. The largest absolute Gasteiger partial charge is 0.477 e. The number of carbonyl (C=O) groups excluding carboxylic acids is 1. The monoisotopic (exact) mass is 309 g/mol. The number of hydrogen-bond acceptors (Lipinski definition) is 8. The summed E-state index contributed by atoms with van der Waals surface area (Å²) in [5.74, 6) is -5.17. The van der Waals surface area contributed by atoms with Gasteiger partial charge < -0.3 is 40.7 Å². The summed E-state index contributed by atoms with van der Waals surface area (Å²) in [6.07, 6.45) is -7.48. The van der Waals surface area contributed by atoms with Crippen LogP contribution in [0.5, 0.6) is 0 Å². The number of rotatable bonds is 5. The molecule has 5 unspecified atom stereocenters. The number of hydrogen-bond donors (Lipinski definition) is 7. The fourth-order valence-electron chi connectivity index (χ4n) is 2.14. The molecule has 7 N–H and O–H groups in total. The Morgan fingerprint density at radius 1 is 1.43 bits per heavy atom. The van der Waals surface area contributed by atoms with E-state index in [1.165, 1.54) is 0 Å². The summed E-state index contributed by atoms with van der Waals surface area (Å²) in [6.45, 7) is 0.256. The molecule has 1 saturated heterocycles. The van der Waals surface area contributed by atoms with E-state index in [9.17, 15) is 30.0 Å². The number of carbonyl (C=O) groups is 2. The van der Waals surface area contributed by atoms with Crippen molar-refractivity contribution >= 4 is 11.9 Å². The zero-order valence-electron chi connectivity index (χ0n) is 11.2. The van der Waals surface area contributed by atoms with Gasteiger partial charge in [-0.3, -0.25) is 4.79 Å².